The highest BCUT2D eigenvalue weighted by Crippen LogP contribution is 2.32. The maximum absolute atomic E-state index is 13.2. The van der Waals surface area contributed by atoms with Gasteiger partial charge in [-0.15, -0.1) is 11.3 Å². The average Bonchev–Trinajstić information content (AvgIpc) is 3.60. The van der Waals surface area contributed by atoms with Crippen LogP contribution >= 0.6 is 11.3 Å². The molecule has 194 valence electrons. The number of anilines is 1. The van der Waals surface area contributed by atoms with Crippen LogP contribution < -0.4 is 10.6 Å². The van der Waals surface area contributed by atoms with E-state index in [9.17, 15) is 9.59 Å². The number of rotatable bonds is 7. The van der Waals surface area contributed by atoms with Crippen LogP contribution in [0.5, 0.6) is 0 Å². The number of hydrogen-bond donors (Lipinski definition) is 2. The highest BCUT2D eigenvalue weighted by atomic mass is 32.1. The van der Waals surface area contributed by atoms with Crippen molar-refractivity contribution in [3.63, 3.8) is 0 Å². The molecule has 0 aromatic carbocycles. The number of pyridine rings is 1. The van der Waals surface area contributed by atoms with Crippen LogP contribution in [0.4, 0.5) is 5.69 Å². The number of nitrogens with zero attached hydrogens (tertiary/aromatic N) is 6. The Morgan fingerprint density at radius 3 is 2.65 bits per heavy atom. The molecule has 5 heterocycles. The van der Waals surface area contributed by atoms with Crippen LogP contribution in [0.25, 0.3) is 15.3 Å². The van der Waals surface area contributed by atoms with Crippen molar-refractivity contribution in [2.45, 2.75) is 46.1 Å². The van der Waals surface area contributed by atoms with Crippen molar-refractivity contribution in [3.8, 4) is 10.4 Å². The largest absolute Gasteiger partial charge is 0.351 e. The van der Waals surface area contributed by atoms with Crippen molar-refractivity contribution in [1.29, 1.82) is 0 Å². The van der Waals surface area contributed by atoms with Gasteiger partial charge in [-0.1, -0.05) is 0 Å². The van der Waals surface area contributed by atoms with Gasteiger partial charge in [0.1, 0.15) is 4.83 Å². The van der Waals surface area contributed by atoms with E-state index in [4.69, 9.17) is 0 Å². The molecular weight excluding hydrogens is 488 g/mol. The molecule has 0 radical (unpaired) electrons. The van der Waals surface area contributed by atoms with E-state index in [0.29, 0.717) is 29.1 Å². The molecule has 4 aromatic rings. The number of nitrogens with one attached hydrogen (secondary N) is 2. The molecule has 37 heavy (non-hydrogen) atoms. The van der Waals surface area contributed by atoms with Crippen molar-refractivity contribution in [1.82, 2.24) is 34.6 Å². The molecular formula is C26H32N8O2S. The summed E-state index contributed by atoms with van der Waals surface area (Å²) < 4.78 is 3.52. The number of hydrogen-bond acceptors (Lipinski definition) is 7. The third-order valence-electron chi connectivity index (χ3n) is 7.28. The number of amides is 2. The second-order valence-electron chi connectivity index (χ2n) is 10.1. The minimum absolute atomic E-state index is 0.174. The SMILES string of the molecule is Cc1ncc(C(=O)NCCN2CCCC2(C)C)cc1NC(=O)c1cnn2cc(-c3cnn(C)c3C)sc12. The van der Waals surface area contributed by atoms with E-state index in [-0.39, 0.29) is 17.4 Å². The van der Waals surface area contributed by atoms with E-state index in [1.807, 2.05) is 31.0 Å². The molecule has 2 N–H and O–H groups in total. The van der Waals surface area contributed by atoms with E-state index in [1.54, 1.807) is 29.9 Å². The van der Waals surface area contributed by atoms with Crippen molar-refractivity contribution in [2.24, 2.45) is 7.05 Å². The van der Waals surface area contributed by atoms with Crippen LogP contribution in [0.3, 0.4) is 0 Å². The van der Waals surface area contributed by atoms with Gasteiger partial charge in [0, 0.05) is 49.3 Å². The van der Waals surface area contributed by atoms with Crippen LogP contribution in [0.2, 0.25) is 0 Å². The lowest BCUT2D eigenvalue weighted by atomic mass is 10.0. The number of fused-ring (bicyclic) bond motifs is 1. The Morgan fingerprint density at radius 2 is 1.95 bits per heavy atom. The van der Waals surface area contributed by atoms with Crippen LogP contribution in [-0.2, 0) is 7.05 Å². The van der Waals surface area contributed by atoms with E-state index < -0.39 is 0 Å². The highest BCUT2D eigenvalue weighted by molar-refractivity contribution is 7.21. The summed E-state index contributed by atoms with van der Waals surface area (Å²) in [7, 11) is 1.90. The van der Waals surface area contributed by atoms with Gasteiger partial charge in [0.25, 0.3) is 11.8 Å². The van der Waals surface area contributed by atoms with Gasteiger partial charge in [0.2, 0.25) is 0 Å². The standard InChI is InChI=1S/C26H32N8O2S/c1-16-21(11-18(12-28-16)23(35)27-8-10-33-9-6-7-26(33,3)4)31-24(36)20-14-30-34-15-22(37-25(20)34)19-13-29-32(5)17(19)2/h11-15H,6-10H2,1-5H3,(H,27,35)(H,31,36). The van der Waals surface area contributed by atoms with E-state index >= 15 is 0 Å². The summed E-state index contributed by atoms with van der Waals surface area (Å²) in [4.78, 5) is 34.5. The van der Waals surface area contributed by atoms with Crippen LogP contribution in [0, 0.1) is 13.8 Å². The molecule has 2 amide bonds. The maximum atomic E-state index is 13.2. The predicted molar refractivity (Wildman–Crippen MR) is 144 cm³/mol. The van der Waals surface area contributed by atoms with Gasteiger partial charge >= 0.3 is 0 Å². The molecule has 1 saturated heterocycles. The number of carbonyl (C=O) groups excluding carboxylic acids is 2. The second kappa shape index (κ2) is 9.71. The molecule has 0 atom stereocenters. The quantitative estimate of drug-likeness (QED) is 0.385. The summed E-state index contributed by atoms with van der Waals surface area (Å²) in [5, 5.41) is 14.6. The minimum Gasteiger partial charge on any atom is -0.351 e. The predicted octanol–water partition coefficient (Wildman–Crippen LogP) is 3.66. The molecule has 1 fully saturated rings. The Kier molecular flexibility index (Phi) is 6.59. The Morgan fingerprint density at radius 1 is 1.14 bits per heavy atom. The number of carbonyl (C=O) groups is 2. The molecule has 1 aliphatic rings. The monoisotopic (exact) mass is 520 g/mol. The fraction of sp³-hybridized carbons (Fsp3) is 0.423. The molecule has 11 heteroatoms. The second-order valence-corrected chi connectivity index (χ2v) is 11.2. The fourth-order valence-corrected chi connectivity index (χ4v) is 5.88. The number of thiazole rings is 1. The Balaban J connectivity index is 1.28. The maximum Gasteiger partial charge on any atom is 0.260 e. The lowest BCUT2D eigenvalue weighted by molar-refractivity contribution is 0.0938. The van der Waals surface area contributed by atoms with E-state index in [0.717, 1.165) is 34.1 Å². The lowest BCUT2D eigenvalue weighted by Crippen LogP contribution is -2.43. The first-order valence-electron chi connectivity index (χ1n) is 12.4. The van der Waals surface area contributed by atoms with Crippen LogP contribution in [-0.4, -0.2) is 66.3 Å². The zero-order chi connectivity index (χ0) is 26.3. The number of aromatic nitrogens is 5. The molecule has 1 aliphatic heterocycles. The Bertz CT molecular complexity index is 1480. The molecule has 0 bridgehead atoms. The average molecular weight is 521 g/mol. The molecule has 0 aliphatic carbocycles. The topological polar surface area (TPSA) is 109 Å². The van der Waals surface area contributed by atoms with Gasteiger partial charge in [-0.05, 0) is 53.1 Å². The van der Waals surface area contributed by atoms with Gasteiger partial charge in [0.15, 0.2) is 0 Å². The first-order chi connectivity index (χ1) is 17.6. The van der Waals surface area contributed by atoms with E-state index in [2.05, 4.69) is 44.6 Å². The van der Waals surface area contributed by atoms with Crippen LogP contribution in [0.1, 0.15) is 58.8 Å². The molecule has 0 spiro atoms. The Hall–Kier alpha value is -3.57. The van der Waals surface area contributed by atoms with Crippen molar-refractivity contribution in [2.75, 3.05) is 25.0 Å². The first-order valence-corrected chi connectivity index (χ1v) is 13.2. The third-order valence-corrected chi connectivity index (χ3v) is 8.42. The van der Waals surface area contributed by atoms with Crippen LogP contribution in [0.15, 0.2) is 30.9 Å². The molecule has 5 rings (SSSR count). The van der Waals surface area contributed by atoms with Gasteiger partial charge in [0.05, 0.1) is 39.8 Å². The zero-order valence-corrected chi connectivity index (χ0v) is 22.6. The van der Waals surface area contributed by atoms with Gasteiger partial charge < -0.3 is 10.6 Å². The fourth-order valence-electron chi connectivity index (χ4n) is 4.76. The normalized spacial score (nSPS) is 15.4. The van der Waals surface area contributed by atoms with Gasteiger partial charge in [-0.25, -0.2) is 4.52 Å². The summed E-state index contributed by atoms with van der Waals surface area (Å²) in [6.07, 6.45) is 9.18. The number of likely N-dealkylation sites (tertiary alicyclic amines) is 1. The molecule has 10 nitrogen and oxygen atoms in total. The summed E-state index contributed by atoms with van der Waals surface area (Å²) >= 11 is 1.48. The van der Waals surface area contributed by atoms with Crippen molar-refractivity contribution < 1.29 is 9.59 Å². The summed E-state index contributed by atoms with van der Waals surface area (Å²) in [5.41, 5.74) is 4.22. The Labute approximate surface area is 219 Å². The van der Waals surface area contributed by atoms with E-state index in [1.165, 1.54) is 24.2 Å². The lowest BCUT2D eigenvalue weighted by Gasteiger charge is -2.31. The smallest absolute Gasteiger partial charge is 0.260 e. The minimum atomic E-state index is -0.301. The zero-order valence-electron chi connectivity index (χ0n) is 21.8. The molecule has 0 unspecified atom stereocenters. The first kappa shape index (κ1) is 25.1. The molecule has 0 saturated carbocycles. The highest BCUT2D eigenvalue weighted by Gasteiger charge is 2.31. The molecule has 4 aromatic heterocycles. The number of aryl methyl sites for hydroxylation is 2. The summed E-state index contributed by atoms with van der Waals surface area (Å²) in [5.74, 6) is -0.507. The van der Waals surface area contributed by atoms with Gasteiger partial charge in [-0.3, -0.25) is 24.2 Å². The van der Waals surface area contributed by atoms with Gasteiger partial charge in [-0.2, -0.15) is 10.2 Å². The van der Waals surface area contributed by atoms with Crippen molar-refractivity contribution in [3.05, 3.63) is 53.4 Å². The third kappa shape index (κ3) is 4.88. The summed E-state index contributed by atoms with van der Waals surface area (Å²) in [6.45, 7) is 10.7. The van der Waals surface area contributed by atoms with Crippen molar-refractivity contribution >= 4 is 33.7 Å². The summed E-state index contributed by atoms with van der Waals surface area (Å²) in [6, 6.07) is 1.68.